The number of benzene rings is 10. The first-order chi connectivity index (χ1) is 26.8. The topological polar surface area (TPSA) is 26.3 Å². The highest BCUT2D eigenvalue weighted by Crippen LogP contribution is 2.48. The molecule has 12 rings (SSSR count). The average Bonchev–Trinajstić information content (AvgIpc) is 3.82. The van der Waals surface area contributed by atoms with Crippen molar-refractivity contribution >= 4 is 87.0 Å². The maximum Gasteiger partial charge on any atom is 0.147 e. The summed E-state index contributed by atoms with van der Waals surface area (Å²) in [6, 6.07) is 65.6. The summed E-state index contributed by atoms with van der Waals surface area (Å²) in [5, 5.41) is 13.9. The van der Waals surface area contributed by atoms with Crippen LogP contribution in [0.1, 0.15) is 0 Å². The normalized spacial score (nSPS) is 12.1. The highest BCUT2D eigenvalue weighted by molar-refractivity contribution is 6.34. The molecule has 0 N–H and O–H groups in total. The molecule has 0 aliphatic carbocycles. The number of rotatable bonds is 3. The summed E-state index contributed by atoms with van der Waals surface area (Å²) in [5.74, 6) is 0. The standard InChI is InChI=1S/C52H30O2/c1-2-12-31(13-3-1)32-22-23-34-29-35(25-24-33(34)28-32)47-37-14-4-6-16-39(37)48(40-17-7-5-15-38(40)47)36-26-27-46-44(30-36)49-41-18-8-9-19-42(41)51-50(52(49)54-46)43-20-10-11-21-45(43)53-51/h1-30H. The van der Waals surface area contributed by atoms with E-state index in [4.69, 9.17) is 8.83 Å². The zero-order chi connectivity index (χ0) is 35.3. The Kier molecular flexibility index (Phi) is 6.09. The van der Waals surface area contributed by atoms with E-state index in [-0.39, 0.29) is 0 Å². The van der Waals surface area contributed by atoms with E-state index in [9.17, 15) is 0 Å². The lowest BCUT2D eigenvalue weighted by molar-refractivity contribution is 0.665. The average molecular weight is 687 g/mol. The van der Waals surface area contributed by atoms with Crippen molar-refractivity contribution in [3.05, 3.63) is 182 Å². The molecule has 10 aromatic carbocycles. The van der Waals surface area contributed by atoms with E-state index >= 15 is 0 Å². The summed E-state index contributed by atoms with van der Waals surface area (Å²) < 4.78 is 13.3. The van der Waals surface area contributed by atoms with Crippen LogP contribution in [-0.2, 0) is 0 Å². The number of hydrogen-bond donors (Lipinski definition) is 0. The van der Waals surface area contributed by atoms with E-state index in [0.29, 0.717) is 0 Å². The van der Waals surface area contributed by atoms with Crippen molar-refractivity contribution in [2.24, 2.45) is 0 Å². The minimum atomic E-state index is 0.868. The molecule has 0 amide bonds. The predicted octanol–water partition coefficient (Wildman–Crippen LogP) is 15.1. The van der Waals surface area contributed by atoms with Gasteiger partial charge in [-0.2, -0.15) is 0 Å². The molecule has 0 fully saturated rings. The van der Waals surface area contributed by atoms with Gasteiger partial charge in [0.1, 0.15) is 22.3 Å². The molecule has 0 atom stereocenters. The second kappa shape index (κ2) is 11.2. The minimum absolute atomic E-state index is 0.868. The molecule has 0 aliphatic rings. The van der Waals surface area contributed by atoms with Gasteiger partial charge in [0, 0.05) is 21.5 Å². The van der Waals surface area contributed by atoms with Gasteiger partial charge in [0.05, 0.1) is 5.39 Å². The van der Waals surface area contributed by atoms with Crippen LogP contribution < -0.4 is 0 Å². The molecule has 0 radical (unpaired) electrons. The van der Waals surface area contributed by atoms with Gasteiger partial charge in [-0.3, -0.25) is 0 Å². The van der Waals surface area contributed by atoms with Gasteiger partial charge < -0.3 is 8.83 Å². The third-order valence-corrected chi connectivity index (χ3v) is 11.4. The second-order valence-electron chi connectivity index (χ2n) is 14.3. The first-order valence-electron chi connectivity index (χ1n) is 18.5. The van der Waals surface area contributed by atoms with Crippen LogP contribution in [0.25, 0.3) is 120 Å². The van der Waals surface area contributed by atoms with Gasteiger partial charge >= 0.3 is 0 Å². The summed E-state index contributed by atoms with van der Waals surface area (Å²) in [4.78, 5) is 0. The molecule has 0 spiro atoms. The molecule has 2 heteroatoms. The molecule has 12 aromatic rings. The fourth-order valence-corrected chi connectivity index (χ4v) is 9.02. The van der Waals surface area contributed by atoms with Crippen molar-refractivity contribution in [1.82, 2.24) is 0 Å². The fraction of sp³-hybridized carbons (Fsp3) is 0. The van der Waals surface area contributed by atoms with E-state index in [2.05, 4.69) is 170 Å². The number of para-hydroxylation sites is 1. The molecule has 2 heterocycles. The van der Waals surface area contributed by atoms with Gasteiger partial charge in [-0.15, -0.1) is 0 Å². The van der Waals surface area contributed by atoms with E-state index in [1.807, 2.05) is 12.1 Å². The Bertz CT molecular complexity index is 3430. The van der Waals surface area contributed by atoms with Crippen molar-refractivity contribution < 1.29 is 8.83 Å². The van der Waals surface area contributed by atoms with Crippen LogP contribution in [0.3, 0.4) is 0 Å². The zero-order valence-corrected chi connectivity index (χ0v) is 29.1. The van der Waals surface area contributed by atoms with E-state index in [1.165, 1.54) is 60.1 Å². The maximum atomic E-state index is 6.79. The SMILES string of the molecule is c1ccc(-c2ccc3cc(-c4c5ccccc5c(-c5ccc6oc7c(c6c5)c5ccccc5c5oc6ccccc6c57)c5ccccc45)ccc3c2)cc1. The second-order valence-corrected chi connectivity index (χ2v) is 14.3. The summed E-state index contributed by atoms with van der Waals surface area (Å²) in [6.45, 7) is 0. The van der Waals surface area contributed by atoms with Crippen molar-refractivity contribution in [2.45, 2.75) is 0 Å². The van der Waals surface area contributed by atoms with Crippen LogP contribution in [0.5, 0.6) is 0 Å². The van der Waals surface area contributed by atoms with Crippen LogP contribution >= 0.6 is 0 Å². The van der Waals surface area contributed by atoms with Gasteiger partial charge in [0.2, 0.25) is 0 Å². The minimum Gasteiger partial charge on any atom is -0.455 e. The number of hydrogen-bond acceptors (Lipinski definition) is 2. The molecule has 2 aromatic heterocycles. The molecule has 0 unspecified atom stereocenters. The molecule has 0 saturated carbocycles. The highest BCUT2D eigenvalue weighted by Gasteiger charge is 2.22. The van der Waals surface area contributed by atoms with Crippen LogP contribution in [0, 0.1) is 0 Å². The smallest absolute Gasteiger partial charge is 0.147 e. The predicted molar refractivity (Wildman–Crippen MR) is 227 cm³/mol. The summed E-state index contributed by atoms with van der Waals surface area (Å²) in [7, 11) is 0. The van der Waals surface area contributed by atoms with Crippen molar-refractivity contribution in [3.8, 4) is 33.4 Å². The Morgan fingerprint density at radius 1 is 0.259 bits per heavy atom. The summed E-state index contributed by atoms with van der Waals surface area (Å²) >= 11 is 0. The summed E-state index contributed by atoms with van der Waals surface area (Å²) in [6.07, 6.45) is 0. The molecule has 250 valence electrons. The lowest BCUT2D eigenvalue weighted by atomic mass is 9.85. The van der Waals surface area contributed by atoms with Crippen molar-refractivity contribution in [2.75, 3.05) is 0 Å². The Balaban J connectivity index is 1.11. The van der Waals surface area contributed by atoms with Crippen LogP contribution in [0.4, 0.5) is 0 Å². The Hall–Kier alpha value is -7.16. The third kappa shape index (κ3) is 4.17. The third-order valence-electron chi connectivity index (χ3n) is 11.4. The molecule has 0 bridgehead atoms. The first-order valence-corrected chi connectivity index (χ1v) is 18.5. The van der Waals surface area contributed by atoms with Gasteiger partial charge in [0.25, 0.3) is 0 Å². The largest absolute Gasteiger partial charge is 0.455 e. The Labute approximate surface area is 310 Å². The van der Waals surface area contributed by atoms with E-state index in [1.54, 1.807) is 0 Å². The van der Waals surface area contributed by atoms with Crippen LogP contribution in [0.15, 0.2) is 191 Å². The van der Waals surface area contributed by atoms with E-state index < -0.39 is 0 Å². The number of fused-ring (bicyclic) bond motifs is 13. The van der Waals surface area contributed by atoms with Crippen molar-refractivity contribution in [1.29, 1.82) is 0 Å². The molecule has 0 saturated heterocycles. The van der Waals surface area contributed by atoms with Gasteiger partial charge in [0.15, 0.2) is 0 Å². The molecule has 0 aliphatic heterocycles. The zero-order valence-electron chi connectivity index (χ0n) is 29.1. The van der Waals surface area contributed by atoms with Crippen molar-refractivity contribution in [3.63, 3.8) is 0 Å². The number of furan rings is 2. The van der Waals surface area contributed by atoms with E-state index in [0.717, 1.165) is 60.2 Å². The molecular weight excluding hydrogens is 657 g/mol. The Morgan fingerprint density at radius 2 is 0.741 bits per heavy atom. The molecular formula is C52H30O2. The first kappa shape index (κ1) is 29.4. The van der Waals surface area contributed by atoms with Crippen LogP contribution in [0.2, 0.25) is 0 Å². The van der Waals surface area contributed by atoms with Crippen LogP contribution in [-0.4, -0.2) is 0 Å². The summed E-state index contributed by atoms with van der Waals surface area (Å²) in [5.41, 5.74) is 10.8. The maximum absolute atomic E-state index is 6.79. The fourth-order valence-electron chi connectivity index (χ4n) is 9.02. The quantitative estimate of drug-likeness (QED) is 0.173. The highest BCUT2D eigenvalue weighted by atomic mass is 16.3. The Morgan fingerprint density at radius 3 is 1.43 bits per heavy atom. The molecule has 2 nitrogen and oxygen atoms in total. The monoisotopic (exact) mass is 686 g/mol. The van der Waals surface area contributed by atoms with Gasteiger partial charge in [-0.25, -0.2) is 0 Å². The lowest BCUT2D eigenvalue weighted by Crippen LogP contribution is -1.91. The van der Waals surface area contributed by atoms with Gasteiger partial charge in [-0.05, 0) is 101 Å². The molecule has 54 heavy (non-hydrogen) atoms. The lowest BCUT2D eigenvalue weighted by Gasteiger charge is -2.18. The van der Waals surface area contributed by atoms with Gasteiger partial charge in [-0.1, -0.05) is 152 Å².